The van der Waals surface area contributed by atoms with Gasteiger partial charge in [0.1, 0.15) is 6.73 Å². The van der Waals surface area contributed by atoms with E-state index in [-0.39, 0.29) is 0 Å². The number of nitrogens with zero attached hydrogens (tertiary/aromatic N) is 2. The van der Waals surface area contributed by atoms with E-state index >= 15 is 0 Å². The molecule has 1 amide bonds. The third-order valence-electron chi connectivity index (χ3n) is 4.05. The maximum atomic E-state index is 10.9. The van der Waals surface area contributed by atoms with Crippen LogP contribution in [0.4, 0.5) is 0 Å². The molecule has 0 aliphatic heterocycles. The monoisotopic (exact) mass is 270 g/mol. The van der Waals surface area contributed by atoms with Crippen LogP contribution in [0.2, 0.25) is 0 Å². The average molecular weight is 270 g/mol. The molecule has 0 aromatic rings. The Kier molecular flexibility index (Phi) is 8.84. The first-order valence-electron chi connectivity index (χ1n) is 7.75. The molecule has 1 aliphatic carbocycles. The average Bonchev–Trinajstić information content (AvgIpc) is 2.38. The summed E-state index contributed by atoms with van der Waals surface area (Å²) in [5.41, 5.74) is 0. The van der Waals surface area contributed by atoms with E-state index < -0.39 is 0 Å². The standard InChI is InChI=1S/C15H30N2O2/c1-3-19-14-17(13-18)12-11-16(2)15-9-7-5-4-6-8-10-15/h13,15H,3-12,14H2,1-2H3. The lowest BCUT2D eigenvalue weighted by Crippen LogP contribution is -2.39. The smallest absolute Gasteiger partial charge is 0.211 e. The SMILES string of the molecule is CCOCN(C=O)CCN(C)C1CCCCCCC1. The van der Waals surface area contributed by atoms with Crippen molar-refractivity contribution in [1.82, 2.24) is 9.80 Å². The molecular weight excluding hydrogens is 240 g/mol. The van der Waals surface area contributed by atoms with Crippen molar-refractivity contribution >= 4 is 6.41 Å². The van der Waals surface area contributed by atoms with E-state index in [1.165, 1.54) is 44.9 Å². The molecule has 112 valence electrons. The molecule has 1 rings (SSSR count). The normalized spacial score (nSPS) is 18.1. The minimum absolute atomic E-state index is 0.415. The summed E-state index contributed by atoms with van der Waals surface area (Å²) >= 11 is 0. The van der Waals surface area contributed by atoms with Crippen LogP contribution in [0.5, 0.6) is 0 Å². The van der Waals surface area contributed by atoms with Crippen LogP contribution in [-0.4, -0.2) is 55.7 Å². The van der Waals surface area contributed by atoms with E-state index in [4.69, 9.17) is 4.74 Å². The molecule has 0 saturated heterocycles. The van der Waals surface area contributed by atoms with Crippen molar-refractivity contribution in [3.63, 3.8) is 0 Å². The predicted octanol–water partition coefficient (Wildman–Crippen LogP) is 2.48. The van der Waals surface area contributed by atoms with E-state index in [0.717, 1.165) is 19.5 Å². The third kappa shape index (κ3) is 6.92. The Labute approximate surface area is 118 Å². The zero-order chi connectivity index (χ0) is 13.9. The maximum Gasteiger partial charge on any atom is 0.211 e. The maximum absolute atomic E-state index is 10.9. The number of carbonyl (C=O) groups excluding carboxylic acids is 1. The molecular formula is C15H30N2O2. The molecule has 1 fully saturated rings. The van der Waals surface area contributed by atoms with Gasteiger partial charge in [0.25, 0.3) is 0 Å². The zero-order valence-corrected chi connectivity index (χ0v) is 12.6. The fourth-order valence-electron chi connectivity index (χ4n) is 2.70. The Morgan fingerprint density at radius 1 is 1.11 bits per heavy atom. The Balaban J connectivity index is 2.26. The van der Waals surface area contributed by atoms with Crippen LogP contribution in [-0.2, 0) is 9.53 Å². The van der Waals surface area contributed by atoms with Gasteiger partial charge in [-0.25, -0.2) is 0 Å². The minimum atomic E-state index is 0.415. The molecule has 1 saturated carbocycles. The topological polar surface area (TPSA) is 32.8 Å². The molecule has 0 radical (unpaired) electrons. The molecule has 0 bridgehead atoms. The van der Waals surface area contributed by atoms with Crippen LogP contribution in [0.3, 0.4) is 0 Å². The van der Waals surface area contributed by atoms with Gasteiger partial charge >= 0.3 is 0 Å². The molecule has 4 heteroatoms. The highest BCUT2D eigenvalue weighted by Gasteiger charge is 2.16. The Hall–Kier alpha value is -0.610. The molecule has 0 aromatic heterocycles. The highest BCUT2D eigenvalue weighted by molar-refractivity contribution is 5.46. The number of rotatable bonds is 8. The Bertz CT molecular complexity index is 228. The van der Waals surface area contributed by atoms with E-state index in [0.29, 0.717) is 19.4 Å². The van der Waals surface area contributed by atoms with Crippen LogP contribution < -0.4 is 0 Å². The van der Waals surface area contributed by atoms with Crippen molar-refractivity contribution in [3.8, 4) is 0 Å². The number of ether oxygens (including phenoxy) is 1. The lowest BCUT2D eigenvalue weighted by molar-refractivity contribution is -0.123. The summed E-state index contributed by atoms with van der Waals surface area (Å²) < 4.78 is 5.28. The first-order valence-corrected chi connectivity index (χ1v) is 7.75. The number of likely N-dealkylation sites (N-methyl/N-ethyl adjacent to an activating group) is 1. The Morgan fingerprint density at radius 2 is 1.74 bits per heavy atom. The summed E-state index contributed by atoms with van der Waals surface area (Å²) in [7, 11) is 2.19. The first-order chi connectivity index (χ1) is 9.27. The second kappa shape index (κ2) is 10.2. The van der Waals surface area contributed by atoms with Gasteiger partial charge in [-0.2, -0.15) is 0 Å². The Morgan fingerprint density at radius 3 is 2.32 bits per heavy atom. The second-order valence-corrected chi connectivity index (χ2v) is 5.52. The van der Waals surface area contributed by atoms with Gasteiger partial charge < -0.3 is 14.5 Å². The van der Waals surface area contributed by atoms with Crippen LogP contribution in [0.15, 0.2) is 0 Å². The molecule has 19 heavy (non-hydrogen) atoms. The summed E-state index contributed by atoms with van der Waals surface area (Å²) in [6.45, 7) is 4.72. The van der Waals surface area contributed by atoms with Gasteiger partial charge in [0.15, 0.2) is 0 Å². The lowest BCUT2D eigenvalue weighted by Gasteiger charge is -2.31. The summed E-state index contributed by atoms with van der Waals surface area (Å²) in [6, 6.07) is 0.695. The van der Waals surface area contributed by atoms with Gasteiger partial charge in [-0.05, 0) is 26.8 Å². The molecule has 0 aromatic carbocycles. The van der Waals surface area contributed by atoms with Crippen LogP contribution in [0, 0.1) is 0 Å². The lowest BCUT2D eigenvalue weighted by atomic mass is 9.96. The van der Waals surface area contributed by atoms with E-state index in [2.05, 4.69) is 11.9 Å². The van der Waals surface area contributed by atoms with Gasteiger partial charge in [0.2, 0.25) is 6.41 Å². The number of carbonyl (C=O) groups is 1. The van der Waals surface area contributed by atoms with Gasteiger partial charge in [0.05, 0.1) is 0 Å². The van der Waals surface area contributed by atoms with E-state index in [1.807, 2.05) is 6.92 Å². The first kappa shape index (κ1) is 16.4. The third-order valence-corrected chi connectivity index (χ3v) is 4.05. The van der Waals surface area contributed by atoms with Crippen molar-refractivity contribution in [1.29, 1.82) is 0 Å². The molecule has 0 atom stereocenters. The van der Waals surface area contributed by atoms with Gasteiger partial charge in [-0.1, -0.05) is 32.1 Å². The number of amides is 1. The van der Waals surface area contributed by atoms with Crippen molar-refractivity contribution in [2.45, 2.75) is 57.9 Å². The molecule has 0 unspecified atom stereocenters. The number of hydrogen-bond acceptors (Lipinski definition) is 3. The van der Waals surface area contributed by atoms with Crippen LogP contribution >= 0.6 is 0 Å². The van der Waals surface area contributed by atoms with Crippen molar-refractivity contribution < 1.29 is 9.53 Å². The summed E-state index contributed by atoms with van der Waals surface area (Å²) in [5, 5.41) is 0. The molecule has 0 heterocycles. The highest BCUT2D eigenvalue weighted by atomic mass is 16.5. The van der Waals surface area contributed by atoms with Gasteiger partial charge in [-0.3, -0.25) is 4.79 Å². The highest BCUT2D eigenvalue weighted by Crippen LogP contribution is 2.20. The van der Waals surface area contributed by atoms with Crippen molar-refractivity contribution in [3.05, 3.63) is 0 Å². The summed E-state index contributed by atoms with van der Waals surface area (Å²) in [4.78, 5) is 15.1. The van der Waals surface area contributed by atoms with Crippen LogP contribution in [0.25, 0.3) is 0 Å². The zero-order valence-electron chi connectivity index (χ0n) is 12.6. The predicted molar refractivity (Wildman–Crippen MR) is 78.0 cm³/mol. The van der Waals surface area contributed by atoms with Gasteiger partial charge in [-0.15, -0.1) is 0 Å². The van der Waals surface area contributed by atoms with E-state index in [1.54, 1.807) is 4.90 Å². The van der Waals surface area contributed by atoms with Crippen molar-refractivity contribution in [2.75, 3.05) is 33.5 Å². The second-order valence-electron chi connectivity index (χ2n) is 5.52. The minimum Gasteiger partial charge on any atom is -0.361 e. The summed E-state index contributed by atoms with van der Waals surface area (Å²) in [6.07, 6.45) is 10.4. The molecule has 0 N–H and O–H groups in total. The largest absolute Gasteiger partial charge is 0.361 e. The molecule has 0 spiro atoms. The summed E-state index contributed by atoms with van der Waals surface area (Å²) in [5.74, 6) is 0. The molecule has 1 aliphatic rings. The number of hydrogen-bond donors (Lipinski definition) is 0. The van der Waals surface area contributed by atoms with Crippen molar-refractivity contribution in [2.24, 2.45) is 0 Å². The fourth-order valence-corrected chi connectivity index (χ4v) is 2.70. The van der Waals surface area contributed by atoms with Crippen LogP contribution in [0.1, 0.15) is 51.9 Å². The quantitative estimate of drug-likeness (QED) is 0.502. The molecule has 4 nitrogen and oxygen atoms in total. The van der Waals surface area contributed by atoms with Gasteiger partial charge in [0, 0.05) is 25.7 Å². The fraction of sp³-hybridized carbons (Fsp3) is 0.933. The van der Waals surface area contributed by atoms with E-state index in [9.17, 15) is 4.79 Å².